The van der Waals surface area contributed by atoms with Gasteiger partial charge in [-0.25, -0.2) is 4.98 Å². The van der Waals surface area contributed by atoms with Crippen LogP contribution < -0.4 is 15.0 Å². The van der Waals surface area contributed by atoms with E-state index in [9.17, 15) is 10.1 Å². The zero-order valence-corrected chi connectivity index (χ0v) is 14.5. The molecule has 1 aromatic heterocycles. The Bertz CT molecular complexity index is 759. The molecule has 0 atom stereocenters. The van der Waals surface area contributed by atoms with Crippen LogP contribution in [0, 0.1) is 24.0 Å². The number of hydrogen-bond acceptors (Lipinski definition) is 6. The molecule has 0 bridgehead atoms. The van der Waals surface area contributed by atoms with Crippen LogP contribution in [0.3, 0.4) is 0 Å². The van der Waals surface area contributed by atoms with Gasteiger partial charge >= 0.3 is 0 Å². The number of aromatic nitrogens is 1. The van der Waals surface area contributed by atoms with Crippen LogP contribution in [-0.2, 0) is 0 Å². The van der Waals surface area contributed by atoms with E-state index in [2.05, 4.69) is 34.3 Å². The second-order valence-electron chi connectivity index (χ2n) is 6.20. The molecule has 132 valence electrons. The summed E-state index contributed by atoms with van der Waals surface area (Å²) < 4.78 is 5.77. The number of nitrogens with zero attached hydrogens (tertiary/aromatic N) is 3. The maximum absolute atomic E-state index is 10.9. The van der Waals surface area contributed by atoms with Gasteiger partial charge in [-0.3, -0.25) is 10.1 Å². The lowest BCUT2D eigenvalue weighted by Crippen LogP contribution is -2.32. The Morgan fingerprint density at radius 3 is 2.84 bits per heavy atom. The molecule has 2 aromatic rings. The Labute approximate surface area is 146 Å². The van der Waals surface area contributed by atoms with Crippen molar-refractivity contribution in [2.24, 2.45) is 0 Å². The number of non-ortho nitro benzene ring substituents is 1. The van der Waals surface area contributed by atoms with E-state index in [1.165, 1.54) is 17.7 Å². The molecule has 0 fully saturated rings. The lowest BCUT2D eigenvalue weighted by atomic mass is 10.2. The minimum absolute atomic E-state index is 0.0404. The van der Waals surface area contributed by atoms with E-state index in [4.69, 9.17) is 4.74 Å². The number of nitrogens with one attached hydrogen (secondary N) is 1. The second kappa shape index (κ2) is 7.38. The smallest absolute Gasteiger partial charge is 0.273 e. The van der Waals surface area contributed by atoms with Crippen molar-refractivity contribution in [3.8, 4) is 5.75 Å². The summed E-state index contributed by atoms with van der Waals surface area (Å²) in [6.45, 7) is 6.89. The zero-order valence-electron chi connectivity index (χ0n) is 14.5. The van der Waals surface area contributed by atoms with Crippen molar-refractivity contribution in [2.45, 2.75) is 20.3 Å². The van der Waals surface area contributed by atoms with E-state index in [0.717, 1.165) is 36.7 Å². The SMILES string of the molecule is Cc1cc(C)nc(N2CCCOc3cc([N+](=O)[O-])ccc3NCC2)c1. The molecule has 7 heteroatoms. The molecule has 0 aliphatic carbocycles. The second-order valence-corrected chi connectivity index (χ2v) is 6.20. The highest BCUT2D eigenvalue weighted by atomic mass is 16.6. The molecule has 3 rings (SSSR count). The van der Waals surface area contributed by atoms with Gasteiger partial charge in [-0.1, -0.05) is 0 Å². The number of fused-ring (bicyclic) bond motifs is 1. The Hall–Kier alpha value is -2.83. The maximum atomic E-state index is 10.9. The maximum Gasteiger partial charge on any atom is 0.273 e. The third kappa shape index (κ3) is 4.17. The van der Waals surface area contributed by atoms with Gasteiger partial charge in [0.25, 0.3) is 5.69 Å². The van der Waals surface area contributed by atoms with Crippen molar-refractivity contribution >= 4 is 17.2 Å². The fourth-order valence-electron chi connectivity index (χ4n) is 2.98. The Morgan fingerprint density at radius 1 is 1.24 bits per heavy atom. The van der Waals surface area contributed by atoms with Gasteiger partial charge in [-0.2, -0.15) is 0 Å². The van der Waals surface area contributed by atoms with E-state index in [-0.39, 0.29) is 5.69 Å². The number of anilines is 2. The van der Waals surface area contributed by atoms with E-state index in [1.807, 2.05) is 6.92 Å². The summed E-state index contributed by atoms with van der Waals surface area (Å²) in [6.07, 6.45) is 0.816. The first-order valence-electron chi connectivity index (χ1n) is 8.38. The van der Waals surface area contributed by atoms with Crippen LogP contribution in [-0.4, -0.2) is 36.1 Å². The number of nitro groups is 1. The van der Waals surface area contributed by atoms with Crippen LogP contribution in [0.5, 0.6) is 5.75 Å². The topological polar surface area (TPSA) is 80.5 Å². The van der Waals surface area contributed by atoms with Crippen molar-refractivity contribution < 1.29 is 9.66 Å². The molecule has 0 unspecified atom stereocenters. The molecular weight excluding hydrogens is 320 g/mol. The highest BCUT2D eigenvalue weighted by Gasteiger charge is 2.15. The van der Waals surface area contributed by atoms with Crippen molar-refractivity contribution in [1.29, 1.82) is 0 Å². The fourth-order valence-corrected chi connectivity index (χ4v) is 2.98. The van der Waals surface area contributed by atoms with Crippen molar-refractivity contribution in [1.82, 2.24) is 4.98 Å². The Balaban J connectivity index is 1.77. The van der Waals surface area contributed by atoms with Gasteiger partial charge in [0.15, 0.2) is 0 Å². The van der Waals surface area contributed by atoms with Crippen molar-refractivity contribution in [3.63, 3.8) is 0 Å². The predicted molar refractivity (Wildman–Crippen MR) is 97.6 cm³/mol. The van der Waals surface area contributed by atoms with E-state index in [0.29, 0.717) is 18.9 Å². The van der Waals surface area contributed by atoms with Gasteiger partial charge in [-0.15, -0.1) is 0 Å². The lowest BCUT2D eigenvalue weighted by Gasteiger charge is -2.26. The average molecular weight is 342 g/mol. The van der Waals surface area contributed by atoms with Gasteiger partial charge in [0.05, 0.1) is 23.3 Å². The zero-order chi connectivity index (χ0) is 17.8. The van der Waals surface area contributed by atoms with Gasteiger partial charge in [0.2, 0.25) is 0 Å². The number of pyridine rings is 1. The molecule has 0 amide bonds. The predicted octanol–water partition coefficient (Wildman–Crippen LogP) is 3.31. The van der Waals surface area contributed by atoms with Crippen LogP contribution in [0.15, 0.2) is 30.3 Å². The number of rotatable bonds is 2. The van der Waals surface area contributed by atoms with Crippen LogP contribution >= 0.6 is 0 Å². The molecule has 0 saturated heterocycles. The summed E-state index contributed by atoms with van der Waals surface area (Å²) in [5, 5.41) is 14.2. The molecule has 25 heavy (non-hydrogen) atoms. The molecule has 0 radical (unpaired) electrons. The highest BCUT2D eigenvalue weighted by Crippen LogP contribution is 2.30. The number of ether oxygens (including phenoxy) is 1. The van der Waals surface area contributed by atoms with Gasteiger partial charge in [0.1, 0.15) is 11.6 Å². The van der Waals surface area contributed by atoms with E-state index < -0.39 is 4.92 Å². The third-order valence-corrected chi connectivity index (χ3v) is 4.11. The van der Waals surface area contributed by atoms with Crippen LogP contribution in [0.25, 0.3) is 0 Å². The minimum atomic E-state index is -0.407. The first-order chi connectivity index (χ1) is 12.0. The van der Waals surface area contributed by atoms with Crippen LogP contribution in [0.2, 0.25) is 0 Å². The Morgan fingerprint density at radius 2 is 2.08 bits per heavy atom. The van der Waals surface area contributed by atoms with E-state index >= 15 is 0 Å². The quantitative estimate of drug-likeness (QED) is 0.666. The first kappa shape index (κ1) is 17.0. The third-order valence-electron chi connectivity index (χ3n) is 4.11. The van der Waals surface area contributed by atoms with Gasteiger partial charge in [-0.05, 0) is 44.0 Å². The average Bonchev–Trinajstić information content (AvgIpc) is 2.57. The molecule has 2 heterocycles. The summed E-state index contributed by atoms with van der Waals surface area (Å²) in [4.78, 5) is 17.4. The Kier molecular flexibility index (Phi) is 5.02. The largest absolute Gasteiger partial charge is 0.491 e. The van der Waals surface area contributed by atoms with Gasteiger partial charge in [0, 0.05) is 31.4 Å². The summed E-state index contributed by atoms with van der Waals surface area (Å²) in [5.41, 5.74) is 3.02. The number of aryl methyl sites for hydroxylation is 2. The molecule has 0 spiro atoms. The monoisotopic (exact) mass is 342 g/mol. The molecular formula is C18H22N4O3. The first-order valence-corrected chi connectivity index (χ1v) is 8.38. The molecule has 7 nitrogen and oxygen atoms in total. The molecule has 1 N–H and O–H groups in total. The number of hydrogen-bond donors (Lipinski definition) is 1. The van der Waals surface area contributed by atoms with Gasteiger partial charge < -0.3 is 15.0 Å². The standard InChI is InChI=1S/C18H22N4O3/c1-13-10-14(2)20-18(11-13)21-7-3-9-25-17-12-15(22(23)24)4-5-16(17)19-6-8-21/h4-5,10-12,19H,3,6-9H2,1-2H3. The van der Waals surface area contributed by atoms with Crippen molar-refractivity contribution in [3.05, 3.63) is 51.7 Å². The summed E-state index contributed by atoms with van der Waals surface area (Å²) in [7, 11) is 0. The molecule has 1 aromatic carbocycles. The lowest BCUT2D eigenvalue weighted by molar-refractivity contribution is -0.384. The molecule has 0 saturated carbocycles. The number of nitro benzene ring substituents is 1. The van der Waals surface area contributed by atoms with Crippen LogP contribution in [0.1, 0.15) is 17.7 Å². The number of benzene rings is 1. The van der Waals surface area contributed by atoms with Crippen LogP contribution in [0.4, 0.5) is 17.2 Å². The minimum Gasteiger partial charge on any atom is -0.491 e. The summed E-state index contributed by atoms with van der Waals surface area (Å²) in [5.74, 6) is 1.51. The summed E-state index contributed by atoms with van der Waals surface area (Å²) in [6, 6.07) is 8.83. The normalized spacial score (nSPS) is 14.9. The molecule has 1 aliphatic heterocycles. The fraction of sp³-hybridized carbons (Fsp3) is 0.389. The summed E-state index contributed by atoms with van der Waals surface area (Å²) >= 11 is 0. The van der Waals surface area contributed by atoms with E-state index in [1.54, 1.807) is 6.07 Å². The van der Waals surface area contributed by atoms with Crippen molar-refractivity contribution in [2.75, 3.05) is 36.5 Å². The molecule has 1 aliphatic rings. The highest BCUT2D eigenvalue weighted by molar-refractivity contribution is 5.61.